The fourth-order valence-corrected chi connectivity index (χ4v) is 0.895. The Morgan fingerprint density at radius 1 is 1.54 bits per heavy atom. The van der Waals surface area contributed by atoms with E-state index in [4.69, 9.17) is 5.11 Å². The maximum atomic E-state index is 13.0. The van der Waals surface area contributed by atoms with Crippen LogP contribution in [0.4, 0.5) is 8.78 Å². The van der Waals surface area contributed by atoms with Crippen molar-refractivity contribution in [3.05, 3.63) is 0 Å². The molecule has 1 amide bonds. The number of nitrogens with zero attached hydrogens (tertiary/aromatic N) is 1. The first-order valence-electron chi connectivity index (χ1n) is 4.11. The van der Waals surface area contributed by atoms with Crippen LogP contribution >= 0.6 is 0 Å². The molecule has 0 aliphatic heterocycles. The maximum Gasteiger partial charge on any atom is 0.349 e. The topological polar surface area (TPSA) is 40.5 Å². The van der Waals surface area contributed by atoms with Crippen molar-refractivity contribution in [1.29, 1.82) is 0 Å². The van der Waals surface area contributed by atoms with E-state index in [9.17, 15) is 13.6 Å². The first-order valence-corrected chi connectivity index (χ1v) is 4.11. The van der Waals surface area contributed by atoms with Crippen LogP contribution in [0.5, 0.6) is 0 Å². The number of hydrogen-bond donors (Lipinski definition) is 1. The van der Waals surface area contributed by atoms with Gasteiger partial charge in [-0.3, -0.25) is 4.79 Å². The van der Waals surface area contributed by atoms with E-state index in [-0.39, 0.29) is 6.42 Å². The van der Waals surface area contributed by atoms with E-state index in [0.29, 0.717) is 6.42 Å². The third kappa shape index (κ3) is 2.91. The Morgan fingerprint density at radius 3 is 2.31 bits per heavy atom. The van der Waals surface area contributed by atoms with Gasteiger partial charge in [-0.2, -0.15) is 8.78 Å². The molecule has 0 aliphatic carbocycles. The second-order valence-electron chi connectivity index (χ2n) is 3.13. The Balaban J connectivity index is 4.45. The molecule has 1 unspecified atom stereocenters. The molecule has 0 aromatic heterocycles. The summed E-state index contributed by atoms with van der Waals surface area (Å²) in [5.41, 5.74) is 0. The number of aliphatic hydroxyl groups excluding tert-OH is 1. The SMILES string of the molecule is CCCC(O)C(F)(F)C(=O)N(C)C. The van der Waals surface area contributed by atoms with Gasteiger partial charge in [-0.15, -0.1) is 0 Å². The molecule has 0 radical (unpaired) electrons. The molecule has 0 rings (SSSR count). The highest BCUT2D eigenvalue weighted by molar-refractivity contribution is 5.83. The van der Waals surface area contributed by atoms with E-state index in [1.807, 2.05) is 0 Å². The molecule has 0 fully saturated rings. The van der Waals surface area contributed by atoms with Crippen LogP contribution in [0.25, 0.3) is 0 Å². The van der Waals surface area contributed by atoms with Gasteiger partial charge >= 0.3 is 5.92 Å². The highest BCUT2D eigenvalue weighted by Crippen LogP contribution is 2.23. The fraction of sp³-hybridized carbons (Fsp3) is 0.875. The van der Waals surface area contributed by atoms with Gasteiger partial charge in [0.25, 0.3) is 5.91 Å². The minimum absolute atomic E-state index is 0.0768. The highest BCUT2D eigenvalue weighted by atomic mass is 19.3. The Kier molecular flexibility index (Phi) is 4.26. The summed E-state index contributed by atoms with van der Waals surface area (Å²) in [6.07, 6.45) is -1.54. The van der Waals surface area contributed by atoms with Gasteiger partial charge in [0, 0.05) is 14.1 Å². The zero-order chi connectivity index (χ0) is 10.6. The number of amides is 1. The largest absolute Gasteiger partial charge is 0.386 e. The van der Waals surface area contributed by atoms with Gasteiger partial charge < -0.3 is 10.0 Å². The second-order valence-corrected chi connectivity index (χ2v) is 3.13. The number of alkyl halides is 2. The molecule has 3 nitrogen and oxygen atoms in total. The molecular formula is C8H15F2NO2. The summed E-state index contributed by atoms with van der Waals surface area (Å²) in [6.45, 7) is 1.67. The number of carbonyl (C=O) groups excluding carboxylic acids is 1. The Bertz CT molecular complexity index is 183. The van der Waals surface area contributed by atoms with Crippen molar-refractivity contribution in [1.82, 2.24) is 4.90 Å². The van der Waals surface area contributed by atoms with Gasteiger partial charge in [0.15, 0.2) is 0 Å². The van der Waals surface area contributed by atoms with Gasteiger partial charge in [-0.25, -0.2) is 0 Å². The molecule has 5 heteroatoms. The van der Waals surface area contributed by atoms with Crippen molar-refractivity contribution in [2.75, 3.05) is 14.1 Å². The van der Waals surface area contributed by atoms with Crippen LogP contribution in [0.15, 0.2) is 0 Å². The van der Waals surface area contributed by atoms with E-state index < -0.39 is 17.9 Å². The van der Waals surface area contributed by atoms with Gasteiger partial charge in [-0.1, -0.05) is 13.3 Å². The minimum atomic E-state index is -3.67. The molecular weight excluding hydrogens is 180 g/mol. The van der Waals surface area contributed by atoms with E-state index in [1.54, 1.807) is 6.92 Å². The van der Waals surface area contributed by atoms with Crippen molar-refractivity contribution in [3.63, 3.8) is 0 Å². The average molecular weight is 195 g/mol. The standard InChI is InChI=1S/C8H15F2NO2/c1-4-5-6(12)8(9,10)7(13)11(2)3/h6,12H,4-5H2,1-3H3. The molecule has 0 saturated carbocycles. The summed E-state index contributed by atoms with van der Waals surface area (Å²) in [5, 5.41) is 9.00. The molecule has 0 spiro atoms. The van der Waals surface area contributed by atoms with Crippen molar-refractivity contribution in [2.45, 2.75) is 31.8 Å². The molecule has 0 bridgehead atoms. The quantitative estimate of drug-likeness (QED) is 0.723. The molecule has 0 aromatic carbocycles. The number of carbonyl (C=O) groups is 1. The normalized spacial score (nSPS) is 14.0. The van der Waals surface area contributed by atoms with Crippen LogP contribution in [-0.2, 0) is 4.79 Å². The number of halogens is 2. The zero-order valence-electron chi connectivity index (χ0n) is 8.05. The minimum Gasteiger partial charge on any atom is -0.386 e. The summed E-state index contributed by atoms with van der Waals surface area (Å²) in [5.74, 6) is -5.02. The summed E-state index contributed by atoms with van der Waals surface area (Å²) in [4.78, 5) is 11.7. The molecule has 13 heavy (non-hydrogen) atoms. The molecule has 78 valence electrons. The first kappa shape index (κ1) is 12.3. The zero-order valence-corrected chi connectivity index (χ0v) is 8.05. The molecule has 0 aliphatic rings. The van der Waals surface area contributed by atoms with Crippen molar-refractivity contribution in [3.8, 4) is 0 Å². The van der Waals surface area contributed by atoms with E-state index >= 15 is 0 Å². The number of rotatable bonds is 4. The molecule has 0 aromatic rings. The number of hydrogen-bond acceptors (Lipinski definition) is 2. The maximum absolute atomic E-state index is 13.0. The van der Waals surface area contributed by atoms with Crippen molar-refractivity contribution in [2.24, 2.45) is 0 Å². The Morgan fingerprint density at radius 2 is 2.00 bits per heavy atom. The highest BCUT2D eigenvalue weighted by Gasteiger charge is 2.46. The smallest absolute Gasteiger partial charge is 0.349 e. The van der Waals surface area contributed by atoms with Crippen LogP contribution < -0.4 is 0 Å². The van der Waals surface area contributed by atoms with E-state index in [1.165, 1.54) is 14.1 Å². The summed E-state index contributed by atoms with van der Waals surface area (Å²) < 4.78 is 26.0. The van der Waals surface area contributed by atoms with Crippen LogP contribution in [0.3, 0.4) is 0 Å². The predicted molar refractivity (Wildman–Crippen MR) is 44.6 cm³/mol. The van der Waals surface area contributed by atoms with Gasteiger partial charge in [-0.05, 0) is 6.42 Å². The average Bonchev–Trinajstić information content (AvgIpc) is 2.03. The lowest BCUT2D eigenvalue weighted by atomic mass is 10.1. The van der Waals surface area contributed by atoms with Gasteiger partial charge in [0.2, 0.25) is 0 Å². The molecule has 0 saturated heterocycles. The van der Waals surface area contributed by atoms with Crippen LogP contribution in [0.1, 0.15) is 19.8 Å². The molecule has 0 heterocycles. The van der Waals surface area contributed by atoms with Crippen LogP contribution in [0, 0.1) is 0 Å². The lowest BCUT2D eigenvalue weighted by Crippen LogP contribution is -2.47. The summed E-state index contributed by atoms with van der Waals surface area (Å²) >= 11 is 0. The predicted octanol–water partition coefficient (Wildman–Crippen LogP) is 0.871. The number of aliphatic hydroxyl groups is 1. The van der Waals surface area contributed by atoms with Crippen LogP contribution in [0.2, 0.25) is 0 Å². The van der Waals surface area contributed by atoms with E-state index in [2.05, 4.69) is 0 Å². The molecule has 1 atom stereocenters. The van der Waals surface area contributed by atoms with Gasteiger partial charge in [0.1, 0.15) is 6.10 Å². The lowest BCUT2D eigenvalue weighted by molar-refractivity contribution is -0.172. The Hall–Kier alpha value is -0.710. The Labute approximate surface area is 76.3 Å². The van der Waals surface area contributed by atoms with Crippen LogP contribution in [-0.4, -0.2) is 42.0 Å². The third-order valence-electron chi connectivity index (χ3n) is 1.67. The van der Waals surface area contributed by atoms with Crippen molar-refractivity contribution >= 4 is 5.91 Å². The fourth-order valence-electron chi connectivity index (χ4n) is 0.895. The van der Waals surface area contributed by atoms with E-state index in [0.717, 1.165) is 4.90 Å². The first-order chi connectivity index (χ1) is 5.84. The van der Waals surface area contributed by atoms with Crippen molar-refractivity contribution < 1.29 is 18.7 Å². The summed E-state index contributed by atoms with van der Waals surface area (Å²) in [6, 6.07) is 0. The second kappa shape index (κ2) is 4.50. The lowest BCUT2D eigenvalue weighted by Gasteiger charge is -2.24. The third-order valence-corrected chi connectivity index (χ3v) is 1.67. The summed E-state index contributed by atoms with van der Waals surface area (Å²) in [7, 11) is 2.46. The molecule has 1 N–H and O–H groups in total. The van der Waals surface area contributed by atoms with Gasteiger partial charge in [0.05, 0.1) is 0 Å². The monoisotopic (exact) mass is 195 g/mol.